The smallest absolute Gasteiger partial charge is 0.0537 e. The highest BCUT2D eigenvalue weighted by atomic mass is 15.3. The van der Waals surface area contributed by atoms with Crippen LogP contribution in [0.3, 0.4) is 0 Å². The molecular weight excluding hydrogens is 198 g/mol. The summed E-state index contributed by atoms with van der Waals surface area (Å²) in [7, 11) is 0. The maximum Gasteiger partial charge on any atom is 0.0537 e. The van der Waals surface area contributed by atoms with Crippen LogP contribution in [0.15, 0.2) is 6.20 Å². The predicted octanol–water partition coefficient (Wildman–Crippen LogP) is 2.41. The molecule has 16 heavy (non-hydrogen) atoms. The van der Waals surface area contributed by atoms with Crippen molar-refractivity contribution in [2.75, 3.05) is 0 Å². The second-order valence-corrected chi connectivity index (χ2v) is 5.43. The zero-order valence-electron chi connectivity index (χ0n) is 10.2. The molecule has 0 aliphatic heterocycles. The molecule has 2 fully saturated rings. The molecule has 1 aromatic rings. The van der Waals surface area contributed by atoms with Crippen LogP contribution in [0.5, 0.6) is 0 Å². The molecule has 1 unspecified atom stereocenters. The Labute approximate surface area is 97.2 Å². The molecule has 0 amide bonds. The van der Waals surface area contributed by atoms with Gasteiger partial charge in [0, 0.05) is 23.8 Å². The van der Waals surface area contributed by atoms with E-state index in [1.807, 2.05) is 6.20 Å². The van der Waals surface area contributed by atoms with E-state index >= 15 is 0 Å². The summed E-state index contributed by atoms with van der Waals surface area (Å²) in [5.74, 6) is 0.878. The minimum absolute atomic E-state index is 0.592. The van der Waals surface area contributed by atoms with Gasteiger partial charge in [-0.2, -0.15) is 5.10 Å². The summed E-state index contributed by atoms with van der Waals surface area (Å²) in [6, 6.07) is 1.37. The van der Waals surface area contributed by atoms with Crippen molar-refractivity contribution in [3.63, 3.8) is 0 Å². The van der Waals surface area contributed by atoms with E-state index in [0.717, 1.165) is 18.5 Å². The first-order chi connectivity index (χ1) is 7.75. The SMILES string of the molecule is Cc1c(CNC2CC2)cnn1C(C)C1CC1. The summed E-state index contributed by atoms with van der Waals surface area (Å²) in [6.07, 6.45) is 7.52. The minimum Gasteiger partial charge on any atom is -0.310 e. The molecule has 1 heterocycles. The molecule has 0 saturated heterocycles. The van der Waals surface area contributed by atoms with Gasteiger partial charge < -0.3 is 5.32 Å². The van der Waals surface area contributed by atoms with Crippen LogP contribution in [-0.4, -0.2) is 15.8 Å². The lowest BCUT2D eigenvalue weighted by atomic mass is 10.2. The molecule has 1 atom stereocenters. The van der Waals surface area contributed by atoms with E-state index in [2.05, 4.69) is 28.9 Å². The molecule has 3 nitrogen and oxygen atoms in total. The van der Waals surface area contributed by atoms with Gasteiger partial charge in [-0.1, -0.05) is 0 Å². The topological polar surface area (TPSA) is 29.9 Å². The number of rotatable bonds is 5. The summed E-state index contributed by atoms with van der Waals surface area (Å²) in [5, 5.41) is 8.11. The molecular formula is C13H21N3. The van der Waals surface area contributed by atoms with Gasteiger partial charge in [-0.05, 0) is 45.4 Å². The van der Waals surface area contributed by atoms with Crippen LogP contribution in [0.4, 0.5) is 0 Å². The van der Waals surface area contributed by atoms with Crippen LogP contribution in [0.25, 0.3) is 0 Å². The molecule has 1 aromatic heterocycles. The van der Waals surface area contributed by atoms with Gasteiger partial charge in [-0.15, -0.1) is 0 Å². The Morgan fingerprint density at radius 1 is 1.44 bits per heavy atom. The highest BCUT2D eigenvalue weighted by Gasteiger charge is 2.30. The largest absolute Gasteiger partial charge is 0.310 e. The maximum atomic E-state index is 4.55. The van der Waals surface area contributed by atoms with E-state index in [4.69, 9.17) is 0 Å². The molecule has 2 aliphatic carbocycles. The Hall–Kier alpha value is -0.830. The van der Waals surface area contributed by atoms with Crippen molar-refractivity contribution in [2.24, 2.45) is 5.92 Å². The summed E-state index contributed by atoms with van der Waals surface area (Å²) in [5.41, 5.74) is 2.73. The first-order valence-electron chi connectivity index (χ1n) is 6.52. The normalized spacial score (nSPS) is 22.4. The van der Waals surface area contributed by atoms with Crippen molar-refractivity contribution >= 4 is 0 Å². The number of aromatic nitrogens is 2. The summed E-state index contributed by atoms with van der Waals surface area (Å²) in [4.78, 5) is 0. The number of hydrogen-bond acceptors (Lipinski definition) is 2. The monoisotopic (exact) mass is 219 g/mol. The lowest BCUT2D eigenvalue weighted by molar-refractivity contribution is 0.430. The van der Waals surface area contributed by atoms with Crippen LogP contribution < -0.4 is 5.32 Å². The molecule has 0 aromatic carbocycles. The van der Waals surface area contributed by atoms with E-state index in [1.165, 1.54) is 36.9 Å². The standard InChI is InChI=1S/C13H21N3/c1-9(11-3-4-11)16-10(2)12(8-15-16)7-14-13-5-6-13/h8-9,11,13-14H,3-7H2,1-2H3. The van der Waals surface area contributed by atoms with Crippen molar-refractivity contribution < 1.29 is 0 Å². The third kappa shape index (κ3) is 2.01. The van der Waals surface area contributed by atoms with Crippen molar-refractivity contribution in [3.8, 4) is 0 Å². The summed E-state index contributed by atoms with van der Waals surface area (Å²) >= 11 is 0. The summed E-state index contributed by atoms with van der Waals surface area (Å²) < 4.78 is 2.22. The lowest BCUT2D eigenvalue weighted by Gasteiger charge is -2.13. The van der Waals surface area contributed by atoms with Crippen LogP contribution in [0.1, 0.15) is 49.9 Å². The van der Waals surface area contributed by atoms with E-state index in [0.29, 0.717) is 6.04 Å². The van der Waals surface area contributed by atoms with Gasteiger partial charge in [-0.25, -0.2) is 0 Å². The van der Waals surface area contributed by atoms with E-state index in [9.17, 15) is 0 Å². The fourth-order valence-electron chi connectivity index (χ4n) is 2.36. The highest BCUT2D eigenvalue weighted by molar-refractivity contribution is 5.17. The number of nitrogens with zero attached hydrogens (tertiary/aromatic N) is 2. The fourth-order valence-corrected chi connectivity index (χ4v) is 2.36. The van der Waals surface area contributed by atoms with Gasteiger partial charge in [0.15, 0.2) is 0 Å². The van der Waals surface area contributed by atoms with Gasteiger partial charge in [0.05, 0.1) is 12.2 Å². The molecule has 3 heteroatoms. The Kier molecular flexibility index (Phi) is 2.51. The molecule has 88 valence electrons. The second kappa shape index (κ2) is 3.88. The van der Waals surface area contributed by atoms with Gasteiger partial charge in [0.25, 0.3) is 0 Å². The van der Waals surface area contributed by atoms with Crippen molar-refractivity contribution in [2.45, 2.75) is 58.2 Å². The highest BCUT2D eigenvalue weighted by Crippen LogP contribution is 2.39. The Balaban J connectivity index is 1.68. The maximum absolute atomic E-state index is 4.55. The first kappa shape index (κ1) is 10.3. The predicted molar refractivity (Wildman–Crippen MR) is 64.3 cm³/mol. The zero-order valence-corrected chi connectivity index (χ0v) is 10.2. The third-order valence-electron chi connectivity index (χ3n) is 3.99. The van der Waals surface area contributed by atoms with Gasteiger partial charge in [0.2, 0.25) is 0 Å². The molecule has 2 saturated carbocycles. The lowest BCUT2D eigenvalue weighted by Crippen LogP contribution is -2.16. The van der Waals surface area contributed by atoms with Crippen LogP contribution in [0.2, 0.25) is 0 Å². The van der Waals surface area contributed by atoms with E-state index in [1.54, 1.807) is 0 Å². The fraction of sp³-hybridized carbons (Fsp3) is 0.769. The third-order valence-corrected chi connectivity index (χ3v) is 3.99. The van der Waals surface area contributed by atoms with Crippen LogP contribution in [0, 0.1) is 12.8 Å². The van der Waals surface area contributed by atoms with Gasteiger partial charge >= 0.3 is 0 Å². The quantitative estimate of drug-likeness (QED) is 0.824. The Bertz CT molecular complexity index is 375. The first-order valence-corrected chi connectivity index (χ1v) is 6.52. The van der Waals surface area contributed by atoms with Crippen molar-refractivity contribution in [3.05, 3.63) is 17.5 Å². The molecule has 1 N–H and O–H groups in total. The minimum atomic E-state index is 0.592. The number of hydrogen-bond donors (Lipinski definition) is 1. The van der Waals surface area contributed by atoms with Crippen molar-refractivity contribution in [1.29, 1.82) is 0 Å². The molecule has 0 radical (unpaired) electrons. The van der Waals surface area contributed by atoms with Crippen LogP contribution >= 0.6 is 0 Å². The molecule has 0 bridgehead atoms. The van der Waals surface area contributed by atoms with Gasteiger partial charge in [-0.3, -0.25) is 4.68 Å². The Morgan fingerprint density at radius 2 is 2.19 bits per heavy atom. The molecule has 2 aliphatic rings. The average molecular weight is 219 g/mol. The summed E-state index contributed by atoms with van der Waals surface area (Å²) in [6.45, 7) is 5.50. The Morgan fingerprint density at radius 3 is 2.81 bits per heavy atom. The van der Waals surface area contributed by atoms with Gasteiger partial charge in [0.1, 0.15) is 0 Å². The molecule has 3 rings (SSSR count). The van der Waals surface area contributed by atoms with E-state index < -0.39 is 0 Å². The number of nitrogens with one attached hydrogen (secondary N) is 1. The zero-order chi connectivity index (χ0) is 11.1. The average Bonchev–Trinajstić information content (AvgIpc) is 3.14. The second-order valence-electron chi connectivity index (χ2n) is 5.43. The van der Waals surface area contributed by atoms with E-state index in [-0.39, 0.29) is 0 Å². The van der Waals surface area contributed by atoms with Crippen LogP contribution in [-0.2, 0) is 6.54 Å². The van der Waals surface area contributed by atoms with Crippen molar-refractivity contribution in [1.82, 2.24) is 15.1 Å². The molecule has 0 spiro atoms.